The van der Waals surface area contributed by atoms with E-state index in [2.05, 4.69) is 31.8 Å². The van der Waals surface area contributed by atoms with Gasteiger partial charge < -0.3 is 10.1 Å². The molecule has 0 bridgehead atoms. The van der Waals surface area contributed by atoms with Crippen LogP contribution in [0.15, 0.2) is 52.0 Å². The van der Waals surface area contributed by atoms with Crippen LogP contribution in [0.5, 0.6) is 5.75 Å². The number of nitrogens with one attached hydrogen (secondary N) is 2. The standard InChI is InChI=1S/C18H17BrFN3O3/c1-26-16-7-2-12(10-15(16)19)11-21-23-18(25)9-8-17(24)22-14-5-3-13(20)4-6-14/h2-7,10-11H,8-9H2,1H3,(H,22,24)(H,23,25). The molecular weight excluding hydrogens is 405 g/mol. The average molecular weight is 422 g/mol. The van der Waals surface area contributed by atoms with E-state index in [-0.39, 0.29) is 30.5 Å². The minimum atomic E-state index is -0.386. The number of hydrogen-bond acceptors (Lipinski definition) is 4. The number of halogens is 2. The molecule has 0 saturated heterocycles. The van der Waals surface area contributed by atoms with Crippen LogP contribution in [-0.4, -0.2) is 25.1 Å². The number of anilines is 1. The fraction of sp³-hybridized carbons (Fsp3) is 0.167. The first-order valence-electron chi connectivity index (χ1n) is 7.69. The third kappa shape index (κ3) is 6.29. The van der Waals surface area contributed by atoms with Crippen molar-refractivity contribution in [1.82, 2.24) is 5.43 Å². The molecule has 2 N–H and O–H groups in total. The second-order valence-electron chi connectivity index (χ2n) is 5.24. The first-order chi connectivity index (χ1) is 12.5. The number of nitrogens with zero attached hydrogens (tertiary/aromatic N) is 1. The van der Waals surface area contributed by atoms with Crippen molar-refractivity contribution in [2.75, 3.05) is 12.4 Å². The monoisotopic (exact) mass is 421 g/mol. The van der Waals surface area contributed by atoms with Gasteiger partial charge >= 0.3 is 0 Å². The van der Waals surface area contributed by atoms with Crippen molar-refractivity contribution < 1.29 is 18.7 Å². The number of benzene rings is 2. The maximum atomic E-state index is 12.8. The van der Waals surface area contributed by atoms with E-state index in [1.54, 1.807) is 25.3 Å². The molecule has 0 aromatic heterocycles. The topological polar surface area (TPSA) is 79.8 Å². The second-order valence-corrected chi connectivity index (χ2v) is 6.10. The molecular formula is C18H17BrFN3O3. The number of amides is 2. The summed E-state index contributed by atoms with van der Waals surface area (Å²) in [4.78, 5) is 23.5. The number of hydrazone groups is 1. The molecule has 0 fully saturated rings. The molecule has 0 unspecified atom stereocenters. The molecule has 2 aromatic carbocycles. The molecule has 26 heavy (non-hydrogen) atoms. The molecule has 0 spiro atoms. The Kier molecular flexibility index (Phi) is 7.28. The minimum Gasteiger partial charge on any atom is -0.496 e. The van der Waals surface area contributed by atoms with Gasteiger partial charge in [-0.15, -0.1) is 0 Å². The largest absolute Gasteiger partial charge is 0.496 e. The molecule has 2 rings (SSSR count). The van der Waals surface area contributed by atoms with Crippen molar-refractivity contribution >= 4 is 39.6 Å². The van der Waals surface area contributed by atoms with Crippen molar-refractivity contribution in [3.05, 3.63) is 58.3 Å². The molecule has 0 heterocycles. The number of ether oxygens (including phenoxy) is 1. The van der Waals surface area contributed by atoms with Crippen molar-refractivity contribution in [2.24, 2.45) is 5.10 Å². The summed E-state index contributed by atoms with van der Waals surface area (Å²) in [7, 11) is 1.57. The normalized spacial score (nSPS) is 10.6. The van der Waals surface area contributed by atoms with Gasteiger partial charge in [0.25, 0.3) is 0 Å². The summed E-state index contributed by atoms with van der Waals surface area (Å²) in [6.07, 6.45) is 1.46. The Bertz CT molecular complexity index is 810. The molecule has 0 aliphatic heterocycles. The van der Waals surface area contributed by atoms with E-state index in [4.69, 9.17) is 4.74 Å². The summed E-state index contributed by atoms with van der Waals surface area (Å²) in [5.41, 5.74) is 3.60. The first kappa shape index (κ1) is 19.6. The number of methoxy groups -OCH3 is 1. The molecule has 0 aliphatic rings. The molecule has 136 valence electrons. The zero-order chi connectivity index (χ0) is 18.9. The number of carbonyl (C=O) groups excluding carboxylic acids is 2. The van der Waals surface area contributed by atoms with Crippen LogP contribution in [-0.2, 0) is 9.59 Å². The molecule has 6 nitrogen and oxygen atoms in total. The highest BCUT2D eigenvalue weighted by Gasteiger charge is 2.07. The van der Waals surface area contributed by atoms with Crippen molar-refractivity contribution in [3.8, 4) is 5.75 Å². The highest BCUT2D eigenvalue weighted by atomic mass is 79.9. The Hall–Kier alpha value is -2.74. The molecule has 2 aromatic rings. The highest BCUT2D eigenvalue weighted by molar-refractivity contribution is 9.10. The smallest absolute Gasteiger partial charge is 0.240 e. The third-order valence-electron chi connectivity index (χ3n) is 3.29. The molecule has 0 saturated carbocycles. The average Bonchev–Trinajstić information content (AvgIpc) is 2.62. The van der Waals surface area contributed by atoms with E-state index in [0.29, 0.717) is 11.4 Å². The predicted molar refractivity (Wildman–Crippen MR) is 101 cm³/mol. The van der Waals surface area contributed by atoms with Gasteiger partial charge in [-0.2, -0.15) is 5.10 Å². The van der Waals surface area contributed by atoms with Gasteiger partial charge in [0.1, 0.15) is 11.6 Å². The summed E-state index contributed by atoms with van der Waals surface area (Å²) in [5, 5.41) is 6.43. The van der Waals surface area contributed by atoms with Crippen LogP contribution in [0.25, 0.3) is 0 Å². The van der Waals surface area contributed by atoms with Crippen molar-refractivity contribution in [1.29, 1.82) is 0 Å². The van der Waals surface area contributed by atoms with Gasteiger partial charge in [-0.3, -0.25) is 9.59 Å². The van der Waals surface area contributed by atoms with Crippen LogP contribution in [0.2, 0.25) is 0 Å². The van der Waals surface area contributed by atoms with Crippen LogP contribution in [0.4, 0.5) is 10.1 Å². The van der Waals surface area contributed by atoms with Gasteiger partial charge in [0, 0.05) is 18.5 Å². The van der Waals surface area contributed by atoms with Crippen molar-refractivity contribution in [3.63, 3.8) is 0 Å². The van der Waals surface area contributed by atoms with Crippen LogP contribution in [0, 0.1) is 5.82 Å². The van der Waals surface area contributed by atoms with Gasteiger partial charge in [0.15, 0.2) is 0 Å². The van der Waals surface area contributed by atoms with E-state index < -0.39 is 0 Å². The number of rotatable bonds is 7. The second kappa shape index (κ2) is 9.67. The predicted octanol–water partition coefficient (Wildman–Crippen LogP) is 3.47. The van der Waals surface area contributed by atoms with Gasteiger partial charge in [0.05, 0.1) is 17.8 Å². The highest BCUT2D eigenvalue weighted by Crippen LogP contribution is 2.24. The fourth-order valence-electron chi connectivity index (χ4n) is 1.98. The summed E-state index contributed by atoms with van der Waals surface area (Å²) < 4.78 is 18.7. The van der Waals surface area contributed by atoms with Crippen LogP contribution in [0.3, 0.4) is 0 Å². The molecule has 8 heteroatoms. The van der Waals surface area contributed by atoms with Crippen LogP contribution < -0.4 is 15.5 Å². The lowest BCUT2D eigenvalue weighted by Gasteiger charge is -2.05. The first-order valence-corrected chi connectivity index (χ1v) is 8.48. The summed E-state index contributed by atoms with van der Waals surface area (Å²) >= 11 is 3.36. The van der Waals surface area contributed by atoms with Gasteiger partial charge in [0.2, 0.25) is 11.8 Å². The Morgan fingerprint density at radius 3 is 2.50 bits per heavy atom. The Morgan fingerprint density at radius 2 is 1.85 bits per heavy atom. The zero-order valence-electron chi connectivity index (χ0n) is 14.0. The maximum absolute atomic E-state index is 12.8. The van der Waals surface area contributed by atoms with Crippen LogP contribution in [0.1, 0.15) is 18.4 Å². The summed E-state index contributed by atoms with van der Waals surface area (Å²) in [5.74, 6) is -0.416. The molecule has 0 atom stereocenters. The van der Waals surface area contributed by atoms with E-state index in [1.807, 2.05) is 0 Å². The van der Waals surface area contributed by atoms with Crippen molar-refractivity contribution in [2.45, 2.75) is 12.8 Å². The van der Waals surface area contributed by atoms with E-state index in [1.165, 1.54) is 30.5 Å². The Morgan fingerprint density at radius 1 is 1.15 bits per heavy atom. The SMILES string of the molecule is COc1ccc(C=NNC(=O)CCC(=O)Nc2ccc(F)cc2)cc1Br. The lowest BCUT2D eigenvalue weighted by molar-refractivity contribution is -0.124. The molecule has 0 radical (unpaired) electrons. The number of carbonyl (C=O) groups is 2. The van der Waals surface area contributed by atoms with E-state index >= 15 is 0 Å². The van der Waals surface area contributed by atoms with E-state index in [9.17, 15) is 14.0 Å². The van der Waals surface area contributed by atoms with Crippen LogP contribution >= 0.6 is 15.9 Å². The van der Waals surface area contributed by atoms with E-state index in [0.717, 1.165) is 10.0 Å². The molecule has 2 amide bonds. The summed E-state index contributed by atoms with van der Waals surface area (Å²) in [6, 6.07) is 10.7. The maximum Gasteiger partial charge on any atom is 0.240 e. The lowest BCUT2D eigenvalue weighted by Crippen LogP contribution is -2.20. The summed E-state index contributed by atoms with van der Waals surface area (Å²) in [6.45, 7) is 0. The minimum absolute atomic E-state index is 0.00713. The van der Waals surface area contributed by atoms with Gasteiger partial charge in [-0.25, -0.2) is 9.82 Å². The third-order valence-corrected chi connectivity index (χ3v) is 3.91. The molecule has 0 aliphatic carbocycles. The Labute approximate surface area is 158 Å². The Balaban J connectivity index is 1.75. The van der Waals surface area contributed by atoms with Gasteiger partial charge in [-0.1, -0.05) is 0 Å². The lowest BCUT2D eigenvalue weighted by atomic mass is 10.2. The fourth-order valence-corrected chi connectivity index (χ4v) is 2.54. The van der Waals surface area contributed by atoms with Gasteiger partial charge in [-0.05, 0) is 64.0 Å². The number of hydrogen-bond donors (Lipinski definition) is 2. The quantitative estimate of drug-likeness (QED) is 0.530. The zero-order valence-corrected chi connectivity index (χ0v) is 15.5.